The van der Waals surface area contributed by atoms with Crippen LogP contribution in [0.1, 0.15) is 12.8 Å². The van der Waals surface area contributed by atoms with Gasteiger partial charge in [0.05, 0.1) is 12.6 Å². The summed E-state index contributed by atoms with van der Waals surface area (Å²) in [5, 5.41) is 12.1. The Balaban J connectivity index is 1.81. The quantitative estimate of drug-likeness (QED) is 0.764. The van der Waals surface area contributed by atoms with Crippen molar-refractivity contribution in [2.75, 3.05) is 25.0 Å². The maximum atomic E-state index is 11.7. The molecule has 6 nitrogen and oxygen atoms in total. The number of aliphatic hydroxyl groups is 1. The highest BCUT2D eigenvalue weighted by molar-refractivity contribution is 5.90. The summed E-state index contributed by atoms with van der Waals surface area (Å²) in [7, 11) is 0. The number of nitrogens with zero attached hydrogens (tertiary/aromatic N) is 3. The standard InChI is InChI=1S/C11H16N4O2/c16-9-3-1-6-15(7-9)8-10(17)14-11-12-4-2-5-13-11/h2,4-5,9,16H,1,3,6-8H2,(H,12,13,14,17)/t9-/m0/s1. The van der Waals surface area contributed by atoms with Gasteiger partial charge in [0.2, 0.25) is 11.9 Å². The number of β-amino-alcohol motifs (C(OH)–C–C–N with tert-alkyl or cyclic N) is 1. The average Bonchev–Trinajstić information content (AvgIpc) is 2.30. The van der Waals surface area contributed by atoms with Gasteiger partial charge in [-0.2, -0.15) is 0 Å². The van der Waals surface area contributed by atoms with E-state index in [0.717, 1.165) is 19.4 Å². The molecule has 2 N–H and O–H groups in total. The molecule has 0 spiro atoms. The van der Waals surface area contributed by atoms with Crippen LogP contribution in [0.5, 0.6) is 0 Å². The lowest BCUT2D eigenvalue weighted by atomic mass is 10.1. The zero-order valence-corrected chi connectivity index (χ0v) is 9.54. The molecule has 1 fully saturated rings. The molecule has 0 radical (unpaired) electrons. The highest BCUT2D eigenvalue weighted by Gasteiger charge is 2.19. The second-order valence-electron chi connectivity index (χ2n) is 4.15. The van der Waals surface area contributed by atoms with Gasteiger partial charge in [-0.05, 0) is 25.5 Å². The first-order valence-corrected chi connectivity index (χ1v) is 5.71. The minimum absolute atomic E-state index is 0.148. The van der Waals surface area contributed by atoms with Gasteiger partial charge >= 0.3 is 0 Å². The topological polar surface area (TPSA) is 78.4 Å². The van der Waals surface area contributed by atoms with Crippen molar-refractivity contribution >= 4 is 11.9 Å². The molecule has 0 aromatic carbocycles. The van der Waals surface area contributed by atoms with Crippen molar-refractivity contribution in [3.8, 4) is 0 Å². The van der Waals surface area contributed by atoms with E-state index in [0.29, 0.717) is 12.5 Å². The third-order valence-corrected chi connectivity index (χ3v) is 2.66. The minimum Gasteiger partial charge on any atom is -0.392 e. The number of aliphatic hydroxyl groups excluding tert-OH is 1. The van der Waals surface area contributed by atoms with Crippen molar-refractivity contribution in [3.63, 3.8) is 0 Å². The van der Waals surface area contributed by atoms with Gasteiger partial charge in [0.1, 0.15) is 0 Å². The Hall–Kier alpha value is -1.53. The third kappa shape index (κ3) is 3.76. The number of piperidine rings is 1. The highest BCUT2D eigenvalue weighted by atomic mass is 16.3. The lowest BCUT2D eigenvalue weighted by Crippen LogP contribution is -2.42. The van der Waals surface area contributed by atoms with E-state index in [-0.39, 0.29) is 18.6 Å². The molecule has 0 saturated carbocycles. The number of aromatic nitrogens is 2. The number of carbonyl (C=O) groups is 1. The largest absolute Gasteiger partial charge is 0.392 e. The van der Waals surface area contributed by atoms with Crippen LogP contribution in [0, 0.1) is 0 Å². The third-order valence-electron chi connectivity index (χ3n) is 2.66. The molecule has 1 atom stereocenters. The van der Waals surface area contributed by atoms with E-state index in [4.69, 9.17) is 0 Å². The number of amides is 1. The Bertz CT molecular complexity index is 371. The fraction of sp³-hybridized carbons (Fsp3) is 0.545. The summed E-state index contributed by atoms with van der Waals surface area (Å²) in [6.07, 6.45) is 4.58. The summed E-state index contributed by atoms with van der Waals surface area (Å²) in [5.41, 5.74) is 0. The van der Waals surface area contributed by atoms with E-state index in [1.54, 1.807) is 18.5 Å². The summed E-state index contributed by atoms with van der Waals surface area (Å²) in [6.45, 7) is 1.68. The molecule has 1 amide bonds. The Kier molecular flexibility index (Phi) is 4.00. The lowest BCUT2D eigenvalue weighted by molar-refractivity contribution is -0.118. The fourth-order valence-corrected chi connectivity index (χ4v) is 1.91. The van der Waals surface area contributed by atoms with Crippen LogP contribution in [0.15, 0.2) is 18.5 Å². The number of rotatable bonds is 3. The van der Waals surface area contributed by atoms with E-state index in [2.05, 4.69) is 15.3 Å². The van der Waals surface area contributed by atoms with Gasteiger partial charge in [-0.25, -0.2) is 9.97 Å². The van der Waals surface area contributed by atoms with Gasteiger partial charge in [-0.15, -0.1) is 0 Å². The predicted molar refractivity (Wildman–Crippen MR) is 62.3 cm³/mol. The second-order valence-corrected chi connectivity index (χ2v) is 4.15. The monoisotopic (exact) mass is 236 g/mol. The first-order chi connectivity index (χ1) is 8.24. The van der Waals surface area contributed by atoms with Gasteiger partial charge in [0.25, 0.3) is 0 Å². The van der Waals surface area contributed by atoms with Gasteiger partial charge in [-0.3, -0.25) is 15.0 Å². The molecule has 1 aliphatic heterocycles. The molecule has 0 unspecified atom stereocenters. The van der Waals surface area contributed by atoms with Crippen molar-refractivity contribution in [1.29, 1.82) is 0 Å². The number of likely N-dealkylation sites (tertiary alicyclic amines) is 1. The van der Waals surface area contributed by atoms with Gasteiger partial charge in [-0.1, -0.05) is 0 Å². The first-order valence-electron chi connectivity index (χ1n) is 5.71. The fourth-order valence-electron chi connectivity index (χ4n) is 1.91. The first kappa shape index (κ1) is 11.9. The lowest BCUT2D eigenvalue weighted by Gasteiger charge is -2.29. The Morgan fingerprint density at radius 1 is 1.53 bits per heavy atom. The SMILES string of the molecule is O=C(CN1CCC[C@H](O)C1)Nc1ncccn1. The molecule has 2 rings (SSSR count). The molecule has 1 aliphatic rings. The van der Waals surface area contributed by atoms with Gasteiger partial charge in [0.15, 0.2) is 0 Å². The van der Waals surface area contributed by atoms with Gasteiger partial charge in [0, 0.05) is 18.9 Å². The summed E-state index contributed by atoms with van der Waals surface area (Å²) in [5.74, 6) is 0.167. The number of carbonyl (C=O) groups excluding carboxylic acids is 1. The molecule has 6 heteroatoms. The van der Waals surface area contributed by atoms with Crippen molar-refractivity contribution in [2.24, 2.45) is 0 Å². The maximum absolute atomic E-state index is 11.7. The molecule has 17 heavy (non-hydrogen) atoms. The van der Waals surface area contributed by atoms with Crippen LogP contribution in [0.4, 0.5) is 5.95 Å². The van der Waals surface area contributed by atoms with E-state index >= 15 is 0 Å². The van der Waals surface area contributed by atoms with E-state index in [9.17, 15) is 9.90 Å². The van der Waals surface area contributed by atoms with Crippen LogP contribution >= 0.6 is 0 Å². The summed E-state index contributed by atoms with van der Waals surface area (Å²) >= 11 is 0. The van der Waals surface area contributed by atoms with E-state index < -0.39 is 0 Å². The van der Waals surface area contributed by atoms with Gasteiger partial charge < -0.3 is 5.11 Å². The number of anilines is 1. The van der Waals surface area contributed by atoms with Crippen LogP contribution in [0.3, 0.4) is 0 Å². The zero-order valence-electron chi connectivity index (χ0n) is 9.54. The van der Waals surface area contributed by atoms with Crippen LogP contribution < -0.4 is 5.32 Å². The summed E-state index contributed by atoms with van der Waals surface area (Å²) in [4.78, 5) is 21.4. The van der Waals surface area contributed by atoms with Crippen molar-refractivity contribution in [2.45, 2.75) is 18.9 Å². The summed E-state index contributed by atoms with van der Waals surface area (Å²) in [6, 6.07) is 1.69. The van der Waals surface area contributed by atoms with E-state index in [1.165, 1.54) is 0 Å². The average molecular weight is 236 g/mol. The Morgan fingerprint density at radius 2 is 2.29 bits per heavy atom. The van der Waals surface area contributed by atoms with Crippen LogP contribution in [0.2, 0.25) is 0 Å². The zero-order chi connectivity index (χ0) is 12.1. The second kappa shape index (κ2) is 5.70. The van der Waals surface area contributed by atoms with Crippen LogP contribution in [-0.2, 0) is 4.79 Å². The number of hydrogen-bond acceptors (Lipinski definition) is 5. The molecule has 1 aromatic heterocycles. The van der Waals surface area contributed by atoms with Crippen LogP contribution in [-0.4, -0.2) is 51.6 Å². The molecule has 0 aliphatic carbocycles. The number of nitrogens with one attached hydrogen (secondary N) is 1. The molecule has 92 valence electrons. The summed E-state index contributed by atoms with van der Waals surface area (Å²) < 4.78 is 0. The normalized spacial score (nSPS) is 21.1. The molecule has 1 saturated heterocycles. The molecule has 0 bridgehead atoms. The van der Waals surface area contributed by atoms with E-state index in [1.807, 2.05) is 4.90 Å². The van der Waals surface area contributed by atoms with Crippen molar-refractivity contribution in [3.05, 3.63) is 18.5 Å². The Morgan fingerprint density at radius 3 is 3.00 bits per heavy atom. The number of hydrogen-bond donors (Lipinski definition) is 2. The molecule has 2 heterocycles. The highest BCUT2D eigenvalue weighted by Crippen LogP contribution is 2.09. The molecule has 1 aromatic rings. The minimum atomic E-state index is -0.315. The molecular formula is C11H16N4O2. The predicted octanol–water partition coefficient (Wildman–Crippen LogP) is -0.128. The van der Waals surface area contributed by atoms with Crippen molar-refractivity contribution < 1.29 is 9.90 Å². The molecular weight excluding hydrogens is 220 g/mol. The smallest absolute Gasteiger partial charge is 0.240 e. The Labute approximate surface area is 99.7 Å². The maximum Gasteiger partial charge on any atom is 0.240 e. The van der Waals surface area contributed by atoms with Crippen molar-refractivity contribution in [1.82, 2.24) is 14.9 Å². The van der Waals surface area contributed by atoms with Crippen LogP contribution in [0.25, 0.3) is 0 Å².